The van der Waals surface area contributed by atoms with Gasteiger partial charge in [-0.1, -0.05) is 18.7 Å². The molecule has 0 unspecified atom stereocenters. The molecule has 2 aliphatic rings. The van der Waals surface area contributed by atoms with Crippen LogP contribution in [0.25, 0.3) is 0 Å². The highest BCUT2D eigenvalue weighted by Gasteiger charge is 2.67. The minimum absolute atomic E-state index is 0.0142. The first-order valence-electron chi connectivity index (χ1n) is 12.4. The van der Waals surface area contributed by atoms with Crippen molar-refractivity contribution in [2.45, 2.75) is 42.2 Å². The third-order valence-electron chi connectivity index (χ3n) is 7.05. The van der Waals surface area contributed by atoms with E-state index in [-0.39, 0.29) is 23.0 Å². The van der Waals surface area contributed by atoms with Crippen LogP contribution in [0.1, 0.15) is 16.8 Å². The minimum atomic E-state index is -3.36. The average molecular weight is 546 g/mol. The van der Waals surface area contributed by atoms with E-state index >= 15 is 4.39 Å². The summed E-state index contributed by atoms with van der Waals surface area (Å²) >= 11 is 0. The number of nitrogens with one attached hydrogen (secondary N) is 2. The van der Waals surface area contributed by atoms with Crippen LogP contribution in [-0.2, 0) is 9.53 Å². The molecule has 1 aromatic heterocycles. The molecule has 1 aliphatic heterocycles. The number of anilines is 3. The van der Waals surface area contributed by atoms with Crippen molar-refractivity contribution in [1.82, 2.24) is 4.98 Å². The number of nitrogens with zero attached hydrogens (tertiary/aromatic N) is 2. The number of pyridine rings is 1. The van der Waals surface area contributed by atoms with Gasteiger partial charge in [-0.2, -0.15) is 0 Å². The summed E-state index contributed by atoms with van der Waals surface area (Å²) in [6.07, 6.45) is -4.92. The Bertz CT molecular complexity index is 1220. The molecule has 12 nitrogen and oxygen atoms in total. The summed E-state index contributed by atoms with van der Waals surface area (Å²) in [6.45, 7) is 5.12. The van der Waals surface area contributed by atoms with Gasteiger partial charge in [0.1, 0.15) is 18.0 Å². The highest BCUT2D eigenvalue weighted by Crippen LogP contribution is 2.44. The van der Waals surface area contributed by atoms with Gasteiger partial charge in [-0.3, -0.25) is 9.59 Å². The maximum atomic E-state index is 16.7. The predicted octanol–water partition coefficient (Wildman–Crippen LogP) is -0.452. The zero-order chi connectivity index (χ0) is 28.4. The van der Waals surface area contributed by atoms with Gasteiger partial charge in [0.15, 0.2) is 11.4 Å². The van der Waals surface area contributed by atoms with Gasteiger partial charge >= 0.3 is 0 Å². The maximum Gasteiger partial charge on any atom is 0.247 e. The van der Waals surface area contributed by atoms with Crippen molar-refractivity contribution >= 4 is 28.9 Å². The molecule has 8 N–H and O–H groups in total. The lowest BCUT2D eigenvalue weighted by Crippen LogP contribution is -2.74. The molecule has 2 fully saturated rings. The fraction of sp³-hybridized carbons (Fsp3) is 0.423. The van der Waals surface area contributed by atoms with Crippen molar-refractivity contribution in [2.75, 3.05) is 41.8 Å². The van der Waals surface area contributed by atoms with E-state index in [2.05, 4.69) is 22.2 Å². The number of aliphatic hydroxyl groups excluding tert-OH is 3. The van der Waals surface area contributed by atoms with Crippen LogP contribution >= 0.6 is 0 Å². The van der Waals surface area contributed by atoms with E-state index in [1.165, 1.54) is 36.5 Å². The molecule has 1 saturated heterocycles. The van der Waals surface area contributed by atoms with Gasteiger partial charge in [0.25, 0.3) is 0 Å². The van der Waals surface area contributed by atoms with Gasteiger partial charge in [-0.15, -0.1) is 0 Å². The molecule has 1 amide bonds. The van der Waals surface area contributed by atoms with Gasteiger partial charge in [0, 0.05) is 30.8 Å². The summed E-state index contributed by atoms with van der Waals surface area (Å²) in [5.41, 5.74) is 2.72. The fourth-order valence-corrected chi connectivity index (χ4v) is 4.86. The summed E-state index contributed by atoms with van der Waals surface area (Å²) in [6, 6.07) is 8.26. The lowest BCUT2D eigenvalue weighted by molar-refractivity contribution is -0.215. The number of nitrogens with two attached hydrogens (primary N) is 1. The Labute approximate surface area is 223 Å². The molecule has 210 valence electrons. The third-order valence-corrected chi connectivity index (χ3v) is 7.05. The van der Waals surface area contributed by atoms with Crippen molar-refractivity contribution in [3.63, 3.8) is 0 Å². The normalized spacial score (nSPS) is 30.9. The fourth-order valence-electron chi connectivity index (χ4n) is 4.86. The summed E-state index contributed by atoms with van der Waals surface area (Å²) in [5, 5.41) is 47.6. The van der Waals surface area contributed by atoms with Crippen molar-refractivity contribution in [3.05, 3.63) is 60.8 Å². The molecule has 4 rings (SSSR count). The first-order valence-corrected chi connectivity index (χ1v) is 12.4. The standard InChI is InChI=1S/C26H32FN5O7/c1-2-21(34)30-16-5-3-4-15(10-16)23(36)25(38)11-19(33)22(35)24(37)26(25,27)31-17-6-7-20(29-13-17)32-8-9-39-14-18(32)12-28/h2-7,10,13,18-19,22,24,31,33,35,37-38H,1,8-9,11-12,14,28H2,(H,30,34)/t18-,19-,22-,24-,25-,26+/m1/s1. The second kappa shape index (κ2) is 11.3. The highest BCUT2D eigenvalue weighted by atomic mass is 19.1. The van der Waals surface area contributed by atoms with Crippen LogP contribution in [0.15, 0.2) is 55.3 Å². The topological polar surface area (TPSA) is 190 Å². The third kappa shape index (κ3) is 5.37. The summed E-state index contributed by atoms with van der Waals surface area (Å²) in [4.78, 5) is 31.5. The van der Waals surface area contributed by atoms with Crippen LogP contribution < -0.4 is 21.3 Å². The molecule has 2 heterocycles. The molecule has 2 aromatic rings. The van der Waals surface area contributed by atoms with E-state index in [0.29, 0.717) is 32.1 Å². The molecule has 39 heavy (non-hydrogen) atoms. The maximum absolute atomic E-state index is 16.7. The molecule has 0 radical (unpaired) electrons. The van der Waals surface area contributed by atoms with E-state index in [0.717, 1.165) is 6.08 Å². The Morgan fingerprint density at radius 1 is 1.26 bits per heavy atom. The van der Waals surface area contributed by atoms with Gasteiger partial charge in [0.05, 0.1) is 37.2 Å². The Morgan fingerprint density at radius 3 is 2.69 bits per heavy atom. The Morgan fingerprint density at radius 2 is 2.03 bits per heavy atom. The number of alkyl halides is 1. The molecular formula is C26H32FN5O7. The lowest BCUT2D eigenvalue weighted by Gasteiger charge is -2.50. The number of amides is 1. The minimum Gasteiger partial charge on any atom is -0.390 e. The van der Waals surface area contributed by atoms with Crippen LogP contribution in [0.3, 0.4) is 0 Å². The van der Waals surface area contributed by atoms with Crippen LogP contribution in [0, 0.1) is 0 Å². The molecule has 0 spiro atoms. The van der Waals surface area contributed by atoms with E-state index < -0.39 is 47.8 Å². The lowest BCUT2D eigenvalue weighted by atomic mass is 9.69. The van der Waals surface area contributed by atoms with E-state index in [1.54, 1.807) is 6.07 Å². The summed E-state index contributed by atoms with van der Waals surface area (Å²) < 4.78 is 22.2. The SMILES string of the molecule is C=CC(=O)Nc1cccc(C(=O)[C@]2(O)C[C@@H](O)[C@@H](O)[C@@H](O)[C@]2(F)Nc2ccc(N3CCOC[C@H]3CN)nc2)c1. The van der Waals surface area contributed by atoms with Crippen LogP contribution in [0.5, 0.6) is 0 Å². The van der Waals surface area contributed by atoms with Crippen molar-refractivity contribution in [2.24, 2.45) is 5.73 Å². The Hall–Kier alpha value is -3.46. The van der Waals surface area contributed by atoms with E-state index in [9.17, 15) is 30.0 Å². The summed E-state index contributed by atoms with van der Waals surface area (Å²) in [5.74, 6) is -4.57. The second-order valence-corrected chi connectivity index (χ2v) is 9.57. The second-order valence-electron chi connectivity index (χ2n) is 9.57. The molecule has 1 aromatic carbocycles. The van der Waals surface area contributed by atoms with Crippen molar-refractivity contribution < 1.29 is 39.1 Å². The van der Waals surface area contributed by atoms with Crippen LogP contribution in [0.4, 0.5) is 21.6 Å². The van der Waals surface area contributed by atoms with Gasteiger partial charge in [-0.25, -0.2) is 9.37 Å². The summed E-state index contributed by atoms with van der Waals surface area (Å²) in [7, 11) is 0. The quantitative estimate of drug-likeness (QED) is 0.129. The number of aliphatic hydroxyl groups is 4. The Balaban J connectivity index is 1.65. The molecule has 13 heteroatoms. The van der Waals surface area contributed by atoms with Crippen LogP contribution in [-0.4, -0.2) is 99.2 Å². The smallest absolute Gasteiger partial charge is 0.247 e. The first-order chi connectivity index (χ1) is 18.5. The first kappa shape index (κ1) is 28.5. The Kier molecular flexibility index (Phi) is 8.30. The number of hydrogen-bond acceptors (Lipinski definition) is 11. The average Bonchev–Trinajstić information content (AvgIpc) is 2.95. The number of ketones is 1. The molecular weight excluding hydrogens is 513 g/mol. The number of benzene rings is 1. The van der Waals surface area contributed by atoms with Crippen molar-refractivity contribution in [1.29, 1.82) is 0 Å². The predicted molar refractivity (Wildman–Crippen MR) is 140 cm³/mol. The number of hydrogen-bond donors (Lipinski definition) is 7. The molecule has 1 aliphatic carbocycles. The monoisotopic (exact) mass is 545 g/mol. The zero-order valence-corrected chi connectivity index (χ0v) is 21.0. The highest BCUT2D eigenvalue weighted by molar-refractivity contribution is 6.05. The molecule has 0 bridgehead atoms. The number of halogens is 1. The number of Topliss-reactive ketones (excluding diaryl/α,β-unsaturated/α-hetero) is 1. The van der Waals surface area contributed by atoms with Crippen LogP contribution in [0.2, 0.25) is 0 Å². The van der Waals surface area contributed by atoms with E-state index in [4.69, 9.17) is 10.5 Å². The molecule has 1 saturated carbocycles. The number of carbonyl (C=O) groups is 2. The number of rotatable bonds is 8. The van der Waals surface area contributed by atoms with Crippen molar-refractivity contribution in [3.8, 4) is 0 Å². The molecule has 6 atom stereocenters. The van der Waals surface area contributed by atoms with Gasteiger partial charge < -0.3 is 46.4 Å². The van der Waals surface area contributed by atoms with Gasteiger partial charge in [-0.05, 0) is 30.3 Å². The number of ether oxygens (including phenoxy) is 1. The number of carbonyl (C=O) groups excluding carboxylic acids is 2. The number of aromatic nitrogens is 1. The van der Waals surface area contributed by atoms with Gasteiger partial charge in [0.2, 0.25) is 11.7 Å². The number of morpholine rings is 1. The largest absolute Gasteiger partial charge is 0.390 e. The van der Waals surface area contributed by atoms with E-state index in [1.807, 2.05) is 4.90 Å². The zero-order valence-electron chi connectivity index (χ0n) is 21.0.